The number of thiophene rings is 1. The number of para-hydroxylation sites is 3. The van der Waals surface area contributed by atoms with E-state index in [0.717, 1.165) is 38.9 Å². The Balaban J connectivity index is 1.12. The summed E-state index contributed by atoms with van der Waals surface area (Å²) < 4.78 is 7.32. The number of hydrogen-bond acceptors (Lipinski definition) is 3. The molecule has 0 N–H and O–H groups in total. The summed E-state index contributed by atoms with van der Waals surface area (Å²) in [6.45, 7) is 0. The molecule has 0 saturated heterocycles. The van der Waals surface area contributed by atoms with E-state index in [9.17, 15) is 0 Å². The minimum Gasteiger partial charge on any atom is -0.308 e. The van der Waals surface area contributed by atoms with Gasteiger partial charge in [0.1, 0.15) is 0 Å². The molecule has 0 bridgehead atoms. The SMILES string of the molecule is c1cc(-n2c3ccccc3c3ccc4ccccc4c32)c2cc3c(cc2c1)c1ccccc1n3-c1nc(-c2ccc3sc4ccccc4c3c2)c2ccccc2n1. The highest BCUT2D eigenvalue weighted by Crippen LogP contribution is 2.42. The average molecular weight is 743 g/mol. The maximum atomic E-state index is 5.50. The number of hydrogen-bond donors (Lipinski definition) is 0. The number of benzene rings is 9. The Hall–Kier alpha value is -7.34. The van der Waals surface area contributed by atoms with E-state index in [1.54, 1.807) is 0 Å². The van der Waals surface area contributed by atoms with Crippen LogP contribution >= 0.6 is 11.3 Å². The van der Waals surface area contributed by atoms with Gasteiger partial charge in [-0.3, -0.25) is 4.57 Å². The van der Waals surface area contributed by atoms with Crippen LogP contribution < -0.4 is 0 Å². The van der Waals surface area contributed by atoms with E-state index >= 15 is 0 Å². The van der Waals surface area contributed by atoms with Gasteiger partial charge in [-0.05, 0) is 65.4 Å². The molecule has 5 heteroatoms. The molecule has 0 atom stereocenters. The molecule has 0 spiro atoms. The standard InChI is InChI=1S/C52H30N4S/c1-2-14-34-31(12-1)24-26-38-35-15-4-8-20-44(35)55(51(34)38)46-22-11-13-32-28-41-36-16-5-9-21-45(36)56(47(41)30-40(32)46)52-53-43-19-7-3-18-39(43)50(54-52)33-25-27-49-42(29-33)37-17-6-10-23-48(37)57-49/h1-30H. The molecule has 0 aliphatic rings. The lowest BCUT2D eigenvalue weighted by Gasteiger charge is -2.14. The maximum Gasteiger partial charge on any atom is 0.235 e. The van der Waals surface area contributed by atoms with Crippen molar-refractivity contribution in [2.45, 2.75) is 0 Å². The van der Waals surface area contributed by atoms with E-state index < -0.39 is 0 Å². The minimum atomic E-state index is 0.657. The molecule has 13 rings (SSSR count). The van der Waals surface area contributed by atoms with E-state index in [1.807, 2.05) is 11.3 Å². The van der Waals surface area contributed by atoms with Crippen LogP contribution in [-0.2, 0) is 0 Å². The third-order valence-electron chi connectivity index (χ3n) is 11.9. The van der Waals surface area contributed by atoms with Crippen molar-refractivity contribution in [2.75, 3.05) is 0 Å². The summed E-state index contributed by atoms with van der Waals surface area (Å²) in [5, 5.41) is 13.2. The van der Waals surface area contributed by atoms with Crippen LogP contribution in [0.15, 0.2) is 182 Å². The fraction of sp³-hybridized carbons (Fsp3) is 0. The predicted molar refractivity (Wildman–Crippen MR) is 242 cm³/mol. The van der Waals surface area contributed by atoms with E-state index in [4.69, 9.17) is 9.97 Å². The van der Waals surface area contributed by atoms with Crippen molar-refractivity contribution in [3.05, 3.63) is 182 Å². The van der Waals surface area contributed by atoms with E-state index in [2.05, 4.69) is 191 Å². The van der Waals surface area contributed by atoms with E-state index in [0.29, 0.717) is 5.95 Å². The lowest BCUT2D eigenvalue weighted by molar-refractivity contribution is 1.01. The Morgan fingerprint density at radius 1 is 0.368 bits per heavy atom. The quantitative estimate of drug-likeness (QED) is 0.181. The number of fused-ring (bicyclic) bond motifs is 13. The van der Waals surface area contributed by atoms with Gasteiger partial charge in [0.25, 0.3) is 0 Å². The topological polar surface area (TPSA) is 35.6 Å². The molecular formula is C52H30N4S. The molecule has 4 heterocycles. The fourth-order valence-corrected chi connectivity index (χ4v) is 10.5. The zero-order chi connectivity index (χ0) is 37.2. The van der Waals surface area contributed by atoms with Crippen molar-refractivity contribution in [1.29, 1.82) is 0 Å². The number of aromatic nitrogens is 4. The van der Waals surface area contributed by atoms with Crippen LogP contribution in [0.25, 0.3) is 119 Å². The Morgan fingerprint density at radius 2 is 1.05 bits per heavy atom. The van der Waals surface area contributed by atoms with Gasteiger partial charge < -0.3 is 4.57 Å². The Morgan fingerprint density at radius 3 is 1.93 bits per heavy atom. The molecule has 0 fully saturated rings. The Kier molecular flexibility index (Phi) is 6.29. The molecule has 4 aromatic heterocycles. The van der Waals surface area contributed by atoms with Crippen molar-refractivity contribution in [3.63, 3.8) is 0 Å². The highest BCUT2D eigenvalue weighted by molar-refractivity contribution is 7.25. The summed E-state index contributed by atoms with van der Waals surface area (Å²) in [6, 6.07) is 66.0. The molecule has 0 unspecified atom stereocenters. The minimum absolute atomic E-state index is 0.657. The summed E-state index contributed by atoms with van der Waals surface area (Å²) in [7, 11) is 0. The van der Waals surface area contributed by atoms with Gasteiger partial charge in [-0.25, -0.2) is 9.97 Å². The van der Waals surface area contributed by atoms with Crippen molar-refractivity contribution < 1.29 is 0 Å². The second-order valence-electron chi connectivity index (χ2n) is 15.0. The summed E-state index contributed by atoms with van der Waals surface area (Å²) in [4.78, 5) is 10.8. The smallest absolute Gasteiger partial charge is 0.235 e. The van der Waals surface area contributed by atoms with Crippen LogP contribution in [0.2, 0.25) is 0 Å². The van der Waals surface area contributed by atoms with Gasteiger partial charge in [-0.2, -0.15) is 0 Å². The molecule has 0 amide bonds. The second kappa shape index (κ2) is 11.6. The third kappa shape index (κ3) is 4.37. The first-order valence-electron chi connectivity index (χ1n) is 19.3. The van der Waals surface area contributed by atoms with Crippen LogP contribution in [0.1, 0.15) is 0 Å². The van der Waals surface area contributed by atoms with Gasteiger partial charge in [-0.15, -0.1) is 11.3 Å². The van der Waals surface area contributed by atoms with Gasteiger partial charge in [0.15, 0.2) is 0 Å². The lowest BCUT2D eigenvalue weighted by atomic mass is 10.0. The first kappa shape index (κ1) is 30.9. The normalized spacial score (nSPS) is 12.2. The summed E-state index contributed by atoms with van der Waals surface area (Å²) in [6.07, 6.45) is 0. The predicted octanol–water partition coefficient (Wildman–Crippen LogP) is 14.2. The van der Waals surface area contributed by atoms with E-state index in [-0.39, 0.29) is 0 Å². The van der Waals surface area contributed by atoms with Crippen LogP contribution in [0.4, 0.5) is 0 Å². The molecule has 0 aliphatic carbocycles. The van der Waals surface area contributed by atoms with Gasteiger partial charge in [0, 0.05) is 63.4 Å². The first-order chi connectivity index (χ1) is 28.3. The van der Waals surface area contributed by atoms with Crippen molar-refractivity contribution >= 4 is 108 Å². The molecule has 0 saturated carbocycles. The fourth-order valence-electron chi connectivity index (χ4n) is 9.37. The second-order valence-corrected chi connectivity index (χ2v) is 16.0. The monoisotopic (exact) mass is 742 g/mol. The molecule has 13 aromatic rings. The Bertz CT molecular complexity index is 3830. The summed E-state index contributed by atoms with van der Waals surface area (Å²) in [5.74, 6) is 0.657. The molecular weight excluding hydrogens is 713 g/mol. The average Bonchev–Trinajstić information content (AvgIpc) is 3.92. The van der Waals surface area contributed by atoms with Crippen LogP contribution in [0.3, 0.4) is 0 Å². The number of nitrogens with zero attached hydrogens (tertiary/aromatic N) is 4. The zero-order valence-corrected chi connectivity index (χ0v) is 31.3. The molecule has 9 aromatic carbocycles. The van der Waals surface area contributed by atoms with Gasteiger partial charge in [0.2, 0.25) is 5.95 Å². The number of rotatable bonds is 3. The lowest BCUT2D eigenvalue weighted by Crippen LogP contribution is -2.03. The maximum absolute atomic E-state index is 5.50. The van der Waals surface area contributed by atoms with Crippen LogP contribution in [0, 0.1) is 0 Å². The molecule has 0 aliphatic heterocycles. The Labute approximate surface area is 330 Å². The molecule has 0 radical (unpaired) electrons. The molecule has 57 heavy (non-hydrogen) atoms. The van der Waals surface area contributed by atoms with Gasteiger partial charge in [-0.1, -0.05) is 127 Å². The van der Waals surface area contributed by atoms with Gasteiger partial charge in [0.05, 0.1) is 39.0 Å². The molecule has 4 nitrogen and oxygen atoms in total. The van der Waals surface area contributed by atoms with E-state index in [1.165, 1.54) is 74.3 Å². The highest BCUT2D eigenvalue weighted by atomic mass is 32.1. The molecule has 264 valence electrons. The zero-order valence-electron chi connectivity index (χ0n) is 30.5. The largest absolute Gasteiger partial charge is 0.308 e. The van der Waals surface area contributed by atoms with Gasteiger partial charge >= 0.3 is 0 Å². The van der Waals surface area contributed by atoms with Crippen molar-refractivity contribution in [3.8, 4) is 22.9 Å². The first-order valence-corrected chi connectivity index (χ1v) is 20.1. The van der Waals surface area contributed by atoms with Crippen LogP contribution in [-0.4, -0.2) is 19.1 Å². The third-order valence-corrected chi connectivity index (χ3v) is 13.0. The van der Waals surface area contributed by atoms with Crippen LogP contribution in [0.5, 0.6) is 0 Å². The summed E-state index contributed by atoms with van der Waals surface area (Å²) in [5.41, 5.74) is 8.63. The summed E-state index contributed by atoms with van der Waals surface area (Å²) >= 11 is 1.84. The van der Waals surface area contributed by atoms with Crippen molar-refractivity contribution in [1.82, 2.24) is 19.1 Å². The highest BCUT2D eigenvalue weighted by Gasteiger charge is 2.21. The van der Waals surface area contributed by atoms with Crippen molar-refractivity contribution in [2.24, 2.45) is 0 Å².